The van der Waals surface area contributed by atoms with E-state index in [9.17, 15) is 8.78 Å². The second-order valence-electron chi connectivity index (χ2n) is 6.04. The third-order valence-corrected chi connectivity index (χ3v) is 4.39. The first-order valence-electron chi connectivity index (χ1n) is 7.96. The van der Waals surface area contributed by atoms with Crippen LogP contribution in [0.25, 0.3) is 0 Å². The number of benzene rings is 1. The lowest BCUT2D eigenvalue weighted by Crippen LogP contribution is -2.12. The molecule has 0 aliphatic rings. The molecule has 0 saturated carbocycles. The summed E-state index contributed by atoms with van der Waals surface area (Å²) in [6, 6.07) is 6.86. The van der Waals surface area contributed by atoms with E-state index in [1.807, 2.05) is 33.8 Å². The molecule has 3 rings (SSSR count). The average molecular weight is 346 g/mol. The van der Waals surface area contributed by atoms with Gasteiger partial charge in [-0.15, -0.1) is 0 Å². The third kappa shape index (κ3) is 3.14. The van der Waals surface area contributed by atoms with Crippen LogP contribution in [0.3, 0.4) is 0 Å². The van der Waals surface area contributed by atoms with Crippen LogP contribution in [0.2, 0.25) is 0 Å². The van der Waals surface area contributed by atoms with E-state index in [0.29, 0.717) is 5.56 Å². The van der Waals surface area contributed by atoms with Crippen LogP contribution in [-0.2, 0) is 0 Å². The van der Waals surface area contributed by atoms with Gasteiger partial charge in [-0.05, 0) is 33.8 Å². The molecule has 25 heavy (non-hydrogen) atoms. The minimum atomic E-state index is -2.89. The van der Waals surface area contributed by atoms with Gasteiger partial charge < -0.3 is 4.74 Å². The first kappa shape index (κ1) is 17.1. The van der Waals surface area contributed by atoms with Crippen molar-refractivity contribution < 1.29 is 13.5 Å². The number of aryl methyl sites for hydroxylation is 4. The molecular formula is C18H20F2N4O. The third-order valence-electron chi connectivity index (χ3n) is 4.39. The fraction of sp³-hybridized carbons (Fsp3) is 0.333. The minimum Gasteiger partial charge on any atom is -0.435 e. The van der Waals surface area contributed by atoms with Gasteiger partial charge in [-0.25, -0.2) is 0 Å². The van der Waals surface area contributed by atoms with E-state index < -0.39 is 6.61 Å². The number of H-pyrrole nitrogens is 2. The van der Waals surface area contributed by atoms with Crippen LogP contribution in [0.1, 0.15) is 45.4 Å². The quantitative estimate of drug-likeness (QED) is 0.729. The Kier molecular flexibility index (Phi) is 4.57. The summed E-state index contributed by atoms with van der Waals surface area (Å²) in [5, 5.41) is 14.5. The average Bonchev–Trinajstić information content (AvgIpc) is 3.06. The van der Waals surface area contributed by atoms with Crippen molar-refractivity contribution in [2.75, 3.05) is 0 Å². The Bertz CT molecular complexity index is 800. The number of rotatable bonds is 5. The van der Waals surface area contributed by atoms with E-state index in [1.165, 1.54) is 0 Å². The summed E-state index contributed by atoms with van der Waals surface area (Å²) in [4.78, 5) is 0. The number of nitrogens with zero attached hydrogens (tertiary/aromatic N) is 2. The lowest BCUT2D eigenvalue weighted by Gasteiger charge is -2.22. The molecule has 2 N–H and O–H groups in total. The molecule has 2 heterocycles. The van der Waals surface area contributed by atoms with Crippen molar-refractivity contribution in [3.8, 4) is 5.75 Å². The van der Waals surface area contributed by atoms with Crippen LogP contribution in [0.15, 0.2) is 24.3 Å². The number of halogens is 2. The monoisotopic (exact) mass is 346 g/mol. The Hall–Kier alpha value is -2.70. The van der Waals surface area contributed by atoms with Gasteiger partial charge in [0.25, 0.3) is 0 Å². The molecular weight excluding hydrogens is 326 g/mol. The van der Waals surface area contributed by atoms with Gasteiger partial charge in [0.1, 0.15) is 5.75 Å². The number of nitrogens with one attached hydrogen (secondary N) is 2. The predicted molar refractivity (Wildman–Crippen MR) is 90.1 cm³/mol. The molecule has 0 unspecified atom stereocenters. The fourth-order valence-corrected chi connectivity index (χ4v) is 3.35. The van der Waals surface area contributed by atoms with Crippen LogP contribution in [0.4, 0.5) is 8.78 Å². The zero-order valence-electron chi connectivity index (χ0n) is 14.5. The van der Waals surface area contributed by atoms with Crippen LogP contribution < -0.4 is 4.74 Å². The van der Waals surface area contributed by atoms with Crippen molar-refractivity contribution in [1.29, 1.82) is 0 Å². The van der Waals surface area contributed by atoms with Crippen LogP contribution in [0, 0.1) is 27.7 Å². The number of hydrogen-bond acceptors (Lipinski definition) is 3. The molecule has 7 heteroatoms. The van der Waals surface area contributed by atoms with Gasteiger partial charge in [-0.2, -0.15) is 19.0 Å². The van der Waals surface area contributed by atoms with Gasteiger partial charge in [0.05, 0.1) is 11.4 Å². The van der Waals surface area contributed by atoms with Crippen molar-refractivity contribution in [3.05, 3.63) is 63.7 Å². The van der Waals surface area contributed by atoms with E-state index >= 15 is 0 Å². The largest absolute Gasteiger partial charge is 0.435 e. The highest BCUT2D eigenvalue weighted by Gasteiger charge is 2.29. The summed E-state index contributed by atoms with van der Waals surface area (Å²) in [6.45, 7) is 4.74. The van der Waals surface area contributed by atoms with Crippen LogP contribution in [0.5, 0.6) is 5.75 Å². The SMILES string of the molecule is Cc1n[nH]c(C)c1C(c1ccccc1OC(F)F)c1c(C)n[nH]c1C. The molecule has 1 aromatic carbocycles. The minimum absolute atomic E-state index is 0.155. The smallest absolute Gasteiger partial charge is 0.387 e. The van der Waals surface area contributed by atoms with Gasteiger partial charge in [0.2, 0.25) is 0 Å². The number of ether oxygens (including phenoxy) is 1. The standard InChI is InChI=1S/C18H20F2N4O/c1-9-15(10(2)22-21-9)17(16-11(3)23-24-12(16)4)13-7-5-6-8-14(13)25-18(19)20/h5-8,17-18H,1-4H3,(H,21,22)(H,23,24). The van der Waals surface area contributed by atoms with Gasteiger partial charge in [-0.3, -0.25) is 10.2 Å². The first-order chi connectivity index (χ1) is 11.9. The highest BCUT2D eigenvalue weighted by Crippen LogP contribution is 2.41. The van der Waals surface area contributed by atoms with E-state index in [1.54, 1.807) is 18.2 Å². The van der Waals surface area contributed by atoms with Gasteiger partial charge in [-0.1, -0.05) is 18.2 Å². The second kappa shape index (κ2) is 6.66. The Morgan fingerprint density at radius 2 is 1.40 bits per heavy atom. The molecule has 132 valence electrons. The summed E-state index contributed by atoms with van der Waals surface area (Å²) >= 11 is 0. The molecule has 2 aromatic heterocycles. The van der Waals surface area contributed by atoms with E-state index in [2.05, 4.69) is 20.4 Å². The number of hydrogen-bond donors (Lipinski definition) is 2. The number of para-hydroxylation sites is 1. The number of aromatic amines is 2. The Balaban J connectivity index is 2.27. The predicted octanol–water partition coefficient (Wildman–Crippen LogP) is 4.15. The Labute approximate surface area is 144 Å². The first-order valence-corrected chi connectivity index (χ1v) is 7.96. The number of aromatic nitrogens is 4. The lowest BCUT2D eigenvalue weighted by atomic mass is 9.82. The maximum absolute atomic E-state index is 12.9. The highest BCUT2D eigenvalue weighted by atomic mass is 19.3. The molecule has 0 radical (unpaired) electrons. The van der Waals surface area contributed by atoms with E-state index in [0.717, 1.165) is 33.9 Å². The normalized spacial score (nSPS) is 11.5. The second-order valence-corrected chi connectivity index (χ2v) is 6.04. The summed E-state index contributed by atoms with van der Waals surface area (Å²) < 4.78 is 30.6. The van der Waals surface area contributed by atoms with Crippen molar-refractivity contribution in [1.82, 2.24) is 20.4 Å². The van der Waals surface area contributed by atoms with Crippen molar-refractivity contribution in [2.24, 2.45) is 0 Å². The van der Waals surface area contributed by atoms with Gasteiger partial charge in [0.15, 0.2) is 0 Å². The van der Waals surface area contributed by atoms with Gasteiger partial charge >= 0.3 is 6.61 Å². The highest BCUT2D eigenvalue weighted by molar-refractivity contribution is 5.53. The van der Waals surface area contributed by atoms with E-state index in [4.69, 9.17) is 4.74 Å². The Morgan fingerprint density at radius 1 is 0.880 bits per heavy atom. The molecule has 0 atom stereocenters. The summed E-state index contributed by atoms with van der Waals surface area (Å²) in [7, 11) is 0. The molecule has 0 aliphatic carbocycles. The maximum atomic E-state index is 12.9. The van der Waals surface area contributed by atoms with Crippen LogP contribution in [-0.4, -0.2) is 27.0 Å². The Morgan fingerprint density at radius 3 is 1.84 bits per heavy atom. The van der Waals surface area contributed by atoms with Crippen molar-refractivity contribution in [2.45, 2.75) is 40.2 Å². The molecule has 3 aromatic rings. The maximum Gasteiger partial charge on any atom is 0.387 e. The van der Waals surface area contributed by atoms with E-state index in [-0.39, 0.29) is 11.7 Å². The van der Waals surface area contributed by atoms with Gasteiger partial charge in [0, 0.05) is 34.0 Å². The summed E-state index contributed by atoms with van der Waals surface area (Å²) in [5.41, 5.74) is 5.94. The van der Waals surface area contributed by atoms with Crippen LogP contribution >= 0.6 is 0 Å². The molecule has 0 saturated heterocycles. The molecule has 0 amide bonds. The molecule has 0 bridgehead atoms. The molecule has 0 aliphatic heterocycles. The number of alkyl halides is 2. The fourth-order valence-electron chi connectivity index (χ4n) is 3.35. The van der Waals surface area contributed by atoms with Crippen molar-refractivity contribution >= 4 is 0 Å². The summed E-state index contributed by atoms with van der Waals surface area (Å²) in [6.07, 6.45) is 0. The molecule has 5 nitrogen and oxygen atoms in total. The topological polar surface area (TPSA) is 66.6 Å². The summed E-state index contributed by atoms with van der Waals surface area (Å²) in [5.74, 6) is -0.157. The van der Waals surface area contributed by atoms with Crippen molar-refractivity contribution in [3.63, 3.8) is 0 Å². The lowest BCUT2D eigenvalue weighted by molar-refractivity contribution is -0.0504. The zero-order chi connectivity index (χ0) is 18.1. The molecule has 0 fully saturated rings. The molecule has 0 spiro atoms. The zero-order valence-corrected chi connectivity index (χ0v) is 14.5.